The summed E-state index contributed by atoms with van der Waals surface area (Å²) in [6.07, 6.45) is 0. The van der Waals surface area contributed by atoms with Crippen molar-refractivity contribution in [3.63, 3.8) is 0 Å². The van der Waals surface area contributed by atoms with Crippen molar-refractivity contribution in [3.05, 3.63) is 53.8 Å². The van der Waals surface area contributed by atoms with Crippen molar-refractivity contribution in [2.45, 2.75) is 11.8 Å². The lowest BCUT2D eigenvalue weighted by atomic mass is 10.2. The fourth-order valence-corrected chi connectivity index (χ4v) is 2.68. The van der Waals surface area contributed by atoms with Crippen molar-refractivity contribution in [1.82, 2.24) is 0 Å². The Kier molecular flexibility index (Phi) is 3.44. The molecule has 100 valence electrons. The molecule has 0 atom stereocenters. The van der Waals surface area contributed by atoms with Crippen LogP contribution in [0, 0.1) is 12.7 Å². The van der Waals surface area contributed by atoms with E-state index in [0.29, 0.717) is 5.56 Å². The Morgan fingerprint density at radius 2 is 1.84 bits per heavy atom. The average molecular weight is 281 g/mol. The molecule has 0 saturated carbocycles. The van der Waals surface area contributed by atoms with Crippen LogP contribution in [0.3, 0.4) is 0 Å². The Bertz CT molecular complexity index is 714. The first-order chi connectivity index (χ1) is 8.90. The first-order valence-corrected chi connectivity index (χ1v) is 6.95. The third-order valence-electron chi connectivity index (χ3n) is 2.59. The minimum Gasteiger partial charge on any atom is -0.508 e. The van der Waals surface area contributed by atoms with Gasteiger partial charge in [-0.15, -0.1) is 0 Å². The van der Waals surface area contributed by atoms with Crippen LogP contribution in [0.15, 0.2) is 47.4 Å². The van der Waals surface area contributed by atoms with Crippen LogP contribution in [0.4, 0.5) is 10.1 Å². The predicted molar refractivity (Wildman–Crippen MR) is 70.1 cm³/mol. The summed E-state index contributed by atoms with van der Waals surface area (Å²) in [6.45, 7) is 1.68. The molecule has 2 N–H and O–H groups in total. The van der Waals surface area contributed by atoms with E-state index in [1.54, 1.807) is 13.0 Å². The number of hydrogen-bond acceptors (Lipinski definition) is 3. The fourth-order valence-electron chi connectivity index (χ4n) is 1.55. The highest BCUT2D eigenvalue weighted by Crippen LogP contribution is 2.24. The Morgan fingerprint density at radius 1 is 1.16 bits per heavy atom. The number of benzene rings is 2. The molecule has 0 bridgehead atoms. The zero-order valence-electron chi connectivity index (χ0n) is 10.1. The lowest BCUT2D eigenvalue weighted by Gasteiger charge is -2.09. The van der Waals surface area contributed by atoms with E-state index < -0.39 is 20.7 Å². The van der Waals surface area contributed by atoms with E-state index >= 15 is 0 Å². The minimum absolute atomic E-state index is 0.0336. The second-order valence-corrected chi connectivity index (χ2v) is 5.69. The van der Waals surface area contributed by atoms with Crippen LogP contribution < -0.4 is 4.72 Å². The first-order valence-electron chi connectivity index (χ1n) is 5.47. The number of anilines is 1. The molecule has 0 aliphatic rings. The number of phenols is 1. The molecule has 4 nitrogen and oxygen atoms in total. The number of hydrogen-bond donors (Lipinski definition) is 2. The maximum absolute atomic E-state index is 13.5. The molecule has 0 aromatic heterocycles. The van der Waals surface area contributed by atoms with E-state index in [0.717, 1.165) is 6.07 Å². The van der Waals surface area contributed by atoms with Crippen LogP contribution in [0.2, 0.25) is 0 Å². The highest BCUT2D eigenvalue weighted by molar-refractivity contribution is 7.92. The van der Waals surface area contributed by atoms with Gasteiger partial charge in [0.1, 0.15) is 16.5 Å². The van der Waals surface area contributed by atoms with Crippen LogP contribution in [-0.2, 0) is 10.0 Å². The van der Waals surface area contributed by atoms with E-state index in [9.17, 15) is 17.9 Å². The van der Waals surface area contributed by atoms with Crippen LogP contribution >= 0.6 is 0 Å². The Hall–Kier alpha value is -2.08. The molecular formula is C13H12FNO3S. The summed E-state index contributed by atoms with van der Waals surface area (Å²) in [5.74, 6) is -0.861. The molecule has 6 heteroatoms. The third kappa shape index (κ3) is 2.85. The second-order valence-electron chi connectivity index (χ2n) is 4.04. The average Bonchev–Trinajstić information content (AvgIpc) is 2.34. The van der Waals surface area contributed by atoms with Gasteiger partial charge in [0, 0.05) is 6.07 Å². The van der Waals surface area contributed by atoms with Gasteiger partial charge in [0.15, 0.2) is 0 Å². The van der Waals surface area contributed by atoms with Gasteiger partial charge >= 0.3 is 0 Å². The summed E-state index contributed by atoms with van der Waals surface area (Å²) < 4.78 is 39.7. The van der Waals surface area contributed by atoms with Gasteiger partial charge in [-0.3, -0.25) is 4.72 Å². The molecule has 2 rings (SSSR count). The molecule has 0 aliphatic heterocycles. The number of phenolic OH excluding ortho intramolecular Hbond substituents is 1. The van der Waals surface area contributed by atoms with Crippen molar-refractivity contribution in [3.8, 4) is 5.75 Å². The summed E-state index contributed by atoms with van der Waals surface area (Å²) in [7, 11) is -4.01. The van der Waals surface area contributed by atoms with Crippen molar-refractivity contribution in [1.29, 1.82) is 0 Å². The zero-order valence-corrected chi connectivity index (χ0v) is 10.9. The van der Waals surface area contributed by atoms with Gasteiger partial charge in [-0.05, 0) is 30.7 Å². The molecule has 0 spiro atoms. The van der Waals surface area contributed by atoms with Gasteiger partial charge in [0.05, 0.1) is 5.69 Å². The standard InChI is InChI=1S/C13H12FNO3S/c1-9-6-7-10(8-12(9)16)15-19(17,18)13-5-3-2-4-11(13)14/h2-8,15-16H,1H3. The molecule has 0 aliphatic carbocycles. The van der Waals surface area contributed by atoms with Crippen molar-refractivity contribution >= 4 is 15.7 Å². The highest BCUT2D eigenvalue weighted by atomic mass is 32.2. The van der Waals surface area contributed by atoms with Gasteiger partial charge in [0.2, 0.25) is 0 Å². The smallest absolute Gasteiger partial charge is 0.264 e. The van der Waals surface area contributed by atoms with Gasteiger partial charge in [0.25, 0.3) is 10.0 Å². The fraction of sp³-hybridized carbons (Fsp3) is 0.0769. The molecular weight excluding hydrogens is 269 g/mol. The van der Waals surface area contributed by atoms with Gasteiger partial charge in [-0.1, -0.05) is 18.2 Å². The van der Waals surface area contributed by atoms with Crippen LogP contribution in [-0.4, -0.2) is 13.5 Å². The second kappa shape index (κ2) is 4.89. The number of sulfonamides is 1. The van der Waals surface area contributed by atoms with Crippen LogP contribution in [0.1, 0.15) is 5.56 Å². The topological polar surface area (TPSA) is 66.4 Å². The lowest BCUT2D eigenvalue weighted by Crippen LogP contribution is -2.14. The van der Waals surface area contributed by atoms with Crippen LogP contribution in [0.25, 0.3) is 0 Å². The van der Waals surface area contributed by atoms with Gasteiger partial charge in [-0.2, -0.15) is 0 Å². The van der Waals surface area contributed by atoms with E-state index in [-0.39, 0.29) is 11.4 Å². The van der Waals surface area contributed by atoms with Crippen molar-refractivity contribution < 1.29 is 17.9 Å². The molecule has 2 aromatic rings. The van der Waals surface area contributed by atoms with Crippen molar-refractivity contribution in [2.24, 2.45) is 0 Å². The van der Waals surface area contributed by atoms with E-state index in [4.69, 9.17) is 0 Å². The molecule has 0 fully saturated rings. The summed E-state index contributed by atoms with van der Waals surface area (Å²) in [4.78, 5) is -0.435. The monoisotopic (exact) mass is 281 g/mol. The molecule has 19 heavy (non-hydrogen) atoms. The number of rotatable bonds is 3. The molecule has 2 aromatic carbocycles. The third-order valence-corrected chi connectivity index (χ3v) is 4.00. The molecule has 0 amide bonds. The van der Waals surface area contributed by atoms with Gasteiger partial charge in [-0.25, -0.2) is 12.8 Å². The number of halogens is 1. The lowest BCUT2D eigenvalue weighted by molar-refractivity contribution is 0.471. The Balaban J connectivity index is 2.37. The molecule has 0 heterocycles. The zero-order chi connectivity index (χ0) is 14.0. The van der Waals surface area contributed by atoms with Crippen molar-refractivity contribution in [2.75, 3.05) is 4.72 Å². The summed E-state index contributed by atoms with van der Waals surface area (Å²) in [6, 6.07) is 9.42. The number of aromatic hydroxyl groups is 1. The predicted octanol–water partition coefficient (Wildman–Crippen LogP) is 2.64. The molecule has 0 saturated heterocycles. The van der Waals surface area contributed by atoms with E-state index in [1.807, 2.05) is 0 Å². The van der Waals surface area contributed by atoms with E-state index in [1.165, 1.54) is 30.3 Å². The number of nitrogens with one attached hydrogen (secondary N) is 1. The molecule has 0 radical (unpaired) electrons. The Labute approximate surface area is 110 Å². The molecule has 0 unspecified atom stereocenters. The summed E-state index contributed by atoms with van der Waals surface area (Å²) >= 11 is 0. The minimum atomic E-state index is -4.01. The maximum atomic E-state index is 13.5. The van der Waals surface area contributed by atoms with E-state index in [2.05, 4.69) is 4.72 Å². The maximum Gasteiger partial charge on any atom is 0.264 e. The van der Waals surface area contributed by atoms with Crippen LogP contribution in [0.5, 0.6) is 5.75 Å². The quantitative estimate of drug-likeness (QED) is 0.909. The first kappa shape index (κ1) is 13.4. The Morgan fingerprint density at radius 3 is 2.47 bits per heavy atom. The SMILES string of the molecule is Cc1ccc(NS(=O)(=O)c2ccccc2F)cc1O. The largest absolute Gasteiger partial charge is 0.508 e. The highest BCUT2D eigenvalue weighted by Gasteiger charge is 2.18. The summed E-state index contributed by atoms with van der Waals surface area (Å²) in [5.41, 5.74) is 0.792. The van der Waals surface area contributed by atoms with Gasteiger partial charge < -0.3 is 5.11 Å². The normalized spacial score (nSPS) is 11.3. The summed E-state index contributed by atoms with van der Waals surface area (Å²) in [5, 5.41) is 9.51. The number of aryl methyl sites for hydroxylation is 1.